The van der Waals surface area contributed by atoms with Crippen molar-refractivity contribution >= 4 is 34.2 Å². The van der Waals surface area contributed by atoms with Gasteiger partial charge in [-0.05, 0) is 47.2 Å². The number of benzene rings is 1. The van der Waals surface area contributed by atoms with Crippen LogP contribution in [-0.2, 0) is 9.53 Å². The molecule has 1 aromatic carbocycles. The van der Waals surface area contributed by atoms with Crippen molar-refractivity contribution in [3.05, 3.63) is 27.6 Å². The van der Waals surface area contributed by atoms with Gasteiger partial charge in [0.25, 0.3) is 0 Å². The highest BCUT2D eigenvalue weighted by Crippen LogP contribution is 2.18. The van der Waals surface area contributed by atoms with E-state index in [1.165, 1.54) is 18.2 Å². The molecule has 5 heteroatoms. The maximum atomic E-state index is 12.8. The molecule has 0 spiro atoms. The van der Waals surface area contributed by atoms with Gasteiger partial charge in [-0.2, -0.15) is 0 Å². The Hall–Kier alpha value is -0.690. The van der Waals surface area contributed by atoms with Gasteiger partial charge in [0.1, 0.15) is 12.4 Å². The van der Waals surface area contributed by atoms with Crippen LogP contribution in [0.1, 0.15) is 13.3 Å². The number of carbonyl (C=O) groups excluding carboxylic acids is 1. The number of carbonyl (C=O) groups is 1. The van der Waals surface area contributed by atoms with E-state index in [2.05, 4.69) is 5.32 Å². The van der Waals surface area contributed by atoms with Gasteiger partial charge in [-0.25, -0.2) is 4.39 Å². The van der Waals surface area contributed by atoms with Crippen molar-refractivity contribution in [3.8, 4) is 0 Å². The van der Waals surface area contributed by atoms with Crippen LogP contribution in [0.3, 0.4) is 0 Å². The molecule has 0 unspecified atom stereocenters. The van der Waals surface area contributed by atoms with Gasteiger partial charge in [0.15, 0.2) is 0 Å². The van der Waals surface area contributed by atoms with Gasteiger partial charge in [0.05, 0.1) is 5.69 Å². The number of halogens is 2. The molecule has 0 aliphatic carbocycles. The molecule has 16 heavy (non-hydrogen) atoms. The van der Waals surface area contributed by atoms with Crippen LogP contribution >= 0.6 is 22.6 Å². The summed E-state index contributed by atoms with van der Waals surface area (Å²) in [5.74, 6) is -0.539. The first-order valence-electron chi connectivity index (χ1n) is 4.96. The van der Waals surface area contributed by atoms with Gasteiger partial charge in [-0.15, -0.1) is 0 Å². The lowest BCUT2D eigenvalue weighted by molar-refractivity contribution is -0.120. The Morgan fingerprint density at radius 1 is 1.56 bits per heavy atom. The zero-order chi connectivity index (χ0) is 12.0. The first-order valence-corrected chi connectivity index (χ1v) is 6.04. The van der Waals surface area contributed by atoms with E-state index >= 15 is 0 Å². The molecule has 0 saturated heterocycles. The van der Waals surface area contributed by atoms with Crippen molar-refractivity contribution in [1.82, 2.24) is 0 Å². The number of ether oxygens (including phenoxy) is 1. The summed E-state index contributed by atoms with van der Waals surface area (Å²) in [5, 5.41) is 2.66. The zero-order valence-electron chi connectivity index (χ0n) is 8.93. The summed E-state index contributed by atoms with van der Waals surface area (Å²) >= 11 is 1.97. The third kappa shape index (κ3) is 4.44. The van der Waals surface area contributed by atoms with E-state index in [0.717, 1.165) is 6.42 Å². The summed E-state index contributed by atoms with van der Waals surface area (Å²) < 4.78 is 18.6. The monoisotopic (exact) mass is 337 g/mol. The predicted octanol–water partition coefficient (Wildman–Crippen LogP) is 2.80. The topological polar surface area (TPSA) is 38.3 Å². The molecule has 0 bridgehead atoms. The molecule has 1 rings (SSSR count). The molecule has 0 heterocycles. The minimum absolute atomic E-state index is 0.0291. The van der Waals surface area contributed by atoms with Gasteiger partial charge < -0.3 is 10.1 Å². The molecular formula is C11H13FINO2. The lowest BCUT2D eigenvalue weighted by atomic mass is 10.3. The molecule has 0 saturated carbocycles. The van der Waals surface area contributed by atoms with Crippen molar-refractivity contribution in [2.24, 2.45) is 0 Å². The maximum Gasteiger partial charge on any atom is 0.250 e. The van der Waals surface area contributed by atoms with Crippen molar-refractivity contribution < 1.29 is 13.9 Å². The fourth-order valence-corrected chi connectivity index (χ4v) is 1.70. The van der Waals surface area contributed by atoms with E-state index < -0.39 is 0 Å². The van der Waals surface area contributed by atoms with E-state index in [9.17, 15) is 9.18 Å². The highest BCUT2D eigenvalue weighted by Gasteiger charge is 2.06. The largest absolute Gasteiger partial charge is 0.372 e. The van der Waals surface area contributed by atoms with Crippen molar-refractivity contribution in [2.45, 2.75) is 13.3 Å². The number of anilines is 1. The van der Waals surface area contributed by atoms with Gasteiger partial charge in [0, 0.05) is 10.2 Å². The second-order valence-electron chi connectivity index (χ2n) is 3.22. The van der Waals surface area contributed by atoms with E-state index in [1.54, 1.807) is 0 Å². The second kappa shape index (κ2) is 6.80. The van der Waals surface area contributed by atoms with Crippen LogP contribution in [0.5, 0.6) is 0 Å². The fraction of sp³-hybridized carbons (Fsp3) is 0.364. The second-order valence-corrected chi connectivity index (χ2v) is 4.39. The molecule has 0 aliphatic rings. The van der Waals surface area contributed by atoms with Crippen LogP contribution in [0.15, 0.2) is 18.2 Å². The molecule has 1 N–H and O–H groups in total. The van der Waals surface area contributed by atoms with Crippen LogP contribution in [0.2, 0.25) is 0 Å². The SMILES string of the molecule is CCCOCC(=O)Nc1ccc(F)cc1I. The lowest BCUT2D eigenvalue weighted by Crippen LogP contribution is -2.19. The average Bonchev–Trinajstić information content (AvgIpc) is 2.23. The van der Waals surface area contributed by atoms with E-state index in [4.69, 9.17) is 4.74 Å². The van der Waals surface area contributed by atoms with Gasteiger partial charge in [-0.3, -0.25) is 4.79 Å². The normalized spacial score (nSPS) is 10.2. The Morgan fingerprint density at radius 3 is 2.94 bits per heavy atom. The molecule has 0 atom stereocenters. The predicted molar refractivity (Wildman–Crippen MR) is 68.9 cm³/mol. The first-order chi connectivity index (χ1) is 7.63. The van der Waals surface area contributed by atoms with Gasteiger partial charge in [0.2, 0.25) is 5.91 Å². The summed E-state index contributed by atoms with van der Waals surface area (Å²) in [6.07, 6.45) is 0.876. The highest BCUT2D eigenvalue weighted by molar-refractivity contribution is 14.1. The van der Waals surface area contributed by atoms with Gasteiger partial charge in [-0.1, -0.05) is 6.92 Å². The molecule has 0 aromatic heterocycles. The fourth-order valence-electron chi connectivity index (χ4n) is 1.09. The van der Waals surface area contributed by atoms with E-state index in [0.29, 0.717) is 15.9 Å². The van der Waals surface area contributed by atoms with E-state index in [1.807, 2.05) is 29.5 Å². The van der Waals surface area contributed by atoms with Crippen LogP contribution in [-0.4, -0.2) is 19.1 Å². The first kappa shape index (κ1) is 13.4. The summed E-state index contributed by atoms with van der Waals surface area (Å²) in [7, 11) is 0. The Kier molecular flexibility index (Phi) is 5.68. The Bertz CT molecular complexity index is 371. The van der Waals surface area contributed by atoms with Crippen molar-refractivity contribution in [3.63, 3.8) is 0 Å². The molecule has 3 nitrogen and oxygen atoms in total. The highest BCUT2D eigenvalue weighted by atomic mass is 127. The number of amides is 1. The van der Waals surface area contributed by atoms with Crippen molar-refractivity contribution in [2.75, 3.05) is 18.5 Å². The Balaban J connectivity index is 2.49. The molecule has 1 amide bonds. The van der Waals surface area contributed by atoms with Crippen LogP contribution < -0.4 is 5.32 Å². The quantitative estimate of drug-likeness (QED) is 0.663. The Labute approximate surface area is 108 Å². The minimum Gasteiger partial charge on any atom is -0.372 e. The molecule has 0 aliphatic heterocycles. The number of hydrogen-bond acceptors (Lipinski definition) is 2. The van der Waals surface area contributed by atoms with Crippen LogP contribution in [0.4, 0.5) is 10.1 Å². The Morgan fingerprint density at radius 2 is 2.31 bits per heavy atom. The molecular weight excluding hydrogens is 324 g/mol. The number of nitrogens with one attached hydrogen (secondary N) is 1. The molecule has 0 radical (unpaired) electrons. The van der Waals surface area contributed by atoms with Crippen LogP contribution in [0.25, 0.3) is 0 Å². The van der Waals surface area contributed by atoms with Crippen molar-refractivity contribution in [1.29, 1.82) is 0 Å². The summed E-state index contributed by atoms with van der Waals surface area (Å²) in [5.41, 5.74) is 0.604. The molecule has 1 aromatic rings. The summed E-state index contributed by atoms with van der Waals surface area (Å²) in [6, 6.07) is 4.21. The smallest absolute Gasteiger partial charge is 0.250 e. The maximum absolute atomic E-state index is 12.8. The van der Waals surface area contributed by atoms with E-state index in [-0.39, 0.29) is 18.3 Å². The minimum atomic E-state index is -0.315. The standard InChI is InChI=1S/C11H13FINO2/c1-2-5-16-7-11(15)14-10-4-3-8(12)6-9(10)13/h3-4,6H,2,5,7H2,1H3,(H,14,15). The zero-order valence-corrected chi connectivity index (χ0v) is 11.1. The summed E-state index contributed by atoms with van der Waals surface area (Å²) in [4.78, 5) is 11.4. The van der Waals surface area contributed by atoms with Gasteiger partial charge >= 0.3 is 0 Å². The lowest BCUT2D eigenvalue weighted by Gasteiger charge is -2.07. The number of hydrogen-bond donors (Lipinski definition) is 1. The number of rotatable bonds is 5. The van der Waals surface area contributed by atoms with Crippen LogP contribution in [0, 0.1) is 9.39 Å². The average molecular weight is 337 g/mol. The third-order valence-corrected chi connectivity index (χ3v) is 2.68. The molecule has 0 fully saturated rings. The third-order valence-electron chi connectivity index (χ3n) is 1.79. The molecule has 88 valence electrons. The summed E-state index contributed by atoms with van der Waals surface area (Å²) in [6.45, 7) is 2.57.